The molecule has 2 aromatic carbocycles. The van der Waals surface area contributed by atoms with Crippen LogP contribution in [0.4, 0.5) is 0 Å². The first-order valence-corrected chi connectivity index (χ1v) is 7.52. The summed E-state index contributed by atoms with van der Waals surface area (Å²) in [6, 6.07) is 14.3. The molecule has 2 rings (SSSR count). The number of rotatable bonds is 4. The van der Waals surface area contributed by atoms with Crippen molar-refractivity contribution in [2.75, 3.05) is 7.11 Å². The van der Waals surface area contributed by atoms with E-state index in [-0.39, 0.29) is 4.83 Å². The number of halogens is 2. The summed E-state index contributed by atoms with van der Waals surface area (Å²) >= 11 is 9.96. The lowest BCUT2D eigenvalue weighted by molar-refractivity contribution is 0.415. The Morgan fingerprint density at radius 1 is 1.21 bits per heavy atom. The van der Waals surface area contributed by atoms with Gasteiger partial charge < -0.3 is 4.74 Å². The molecule has 0 amide bonds. The van der Waals surface area contributed by atoms with Gasteiger partial charge in [0.1, 0.15) is 5.75 Å². The van der Waals surface area contributed by atoms with Crippen LogP contribution in [0.3, 0.4) is 0 Å². The molecule has 0 radical (unpaired) electrons. The fraction of sp³-hybridized carbons (Fsp3) is 0.250. The molecule has 0 N–H and O–H groups in total. The van der Waals surface area contributed by atoms with Crippen LogP contribution in [0.1, 0.15) is 28.4 Å². The summed E-state index contributed by atoms with van der Waals surface area (Å²) in [6.07, 6.45) is 1.02. The molecule has 19 heavy (non-hydrogen) atoms. The van der Waals surface area contributed by atoms with Crippen LogP contribution in [0, 0.1) is 0 Å². The minimum Gasteiger partial charge on any atom is -0.495 e. The van der Waals surface area contributed by atoms with Crippen LogP contribution >= 0.6 is 27.5 Å². The molecule has 0 aliphatic rings. The molecule has 3 heteroatoms. The maximum absolute atomic E-state index is 6.19. The molecule has 0 fully saturated rings. The van der Waals surface area contributed by atoms with Gasteiger partial charge in [-0.3, -0.25) is 0 Å². The quantitative estimate of drug-likeness (QED) is 0.678. The zero-order chi connectivity index (χ0) is 13.8. The monoisotopic (exact) mass is 338 g/mol. The second-order valence-electron chi connectivity index (χ2n) is 4.31. The van der Waals surface area contributed by atoms with Gasteiger partial charge in [0, 0.05) is 0 Å². The highest BCUT2D eigenvalue weighted by Crippen LogP contribution is 2.36. The van der Waals surface area contributed by atoms with Crippen LogP contribution < -0.4 is 4.74 Å². The minimum absolute atomic E-state index is 0.145. The standard InChI is InChI=1S/C16H16BrClO/c1-3-11-6-4-5-7-13(11)16(17)12-8-9-15(19-2)14(18)10-12/h4-10,16H,3H2,1-2H3. The molecule has 0 aliphatic heterocycles. The van der Waals surface area contributed by atoms with Gasteiger partial charge in [-0.25, -0.2) is 0 Å². The average Bonchev–Trinajstić information content (AvgIpc) is 2.46. The van der Waals surface area contributed by atoms with Crippen LogP contribution in [0.25, 0.3) is 0 Å². The highest BCUT2D eigenvalue weighted by atomic mass is 79.9. The van der Waals surface area contributed by atoms with Crippen molar-refractivity contribution in [2.24, 2.45) is 0 Å². The SMILES string of the molecule is CCc1ccccc1C(Br)c1ccc(OC)c(Cl)c1. The molecule has 0 saturated heterocycles. The van der Waals surface area contributed by atoms with Crippen LogP contribution in [-0.2, 0) is 6.42 Å². The molecule has 100 valence electrons. The summed E-state index contributed by atoms with van der Waals surface area (Å²) in [5.74, 6) is 0.703. The Labute approximate surface area is 127 Å². The number of alkyl halides is 1. The molecule has 0 spiro atoms. The second-order valence-corrected chi connectivity index (χ2v) is 5.63. The molecule has 2 aromatic rings. The van der Waals surface area contributed by atoms with E-state index in [1.54, 1.807) is 7.11 Å². The van der Waals surface area contributed by atoms with Crippen LogP contribution in [0.2, 0.25) is 5.02 Å². The summed E-state index contributed by atoms with van der Waals surface area (Å²) in [5.41, 5.74) is 3.76. The lowest BCUT2D eigenvalue weighted by Crippen LogP contribution is -1.98. The van der Waals surface area contributed by atoms with Crippen molar-refractivity contribution >= 4 is 27.5 Å². The summed E-state index contributed by atoms with van der Waals surface area (Å²) in [4.78, 5) is 0.145. The number of hydrogen-bond acceptors (Lipinski definition) is 1. The Hall–Kier alpha value is -0.990. The van der Waals surface area contributed by atoms with E-state index < -0.39 is 0 Å². The Morgan fingerprint density at radius 3 is 2.58 bits per heavy atom. The van der Waals surface area contributed by atoms with Gasteiger partial charge in [-0.1, -0.05) is 64.8 Å². The van der Waals surface area contributed by atoms with E-state index in [2.05, 4.69) is 47.1 Å². The normalized spacial score (nSPS) is 12.2. The van der Waals surface area contributed by atoms with Gasteiger partial charge in [-0.2, -0.15) is 0 Å². The van der Waals surface area contributed by atoms with Crippen molar-refractivity contribution in [3.05, 3.63) is 64.2 Å². The van der Waals surface area contributed by atoms with Crippen molar-refractivity contribution in [1.82, 2.24) is 0 Å². The lowest BCUT2D eigenvalue weighted by Gasteiger charge is -2.15. The van der Waals surface area contributed by atoms with Gasteiger partial charge in [0.2, 0.25) is 0 Å². The van der Waals surface area contributed by atoms with Gasteiger partial charge in [0.15, 0.2) is 0 Å². The first kappa shape index (κ1) is 14.4. The first-order valence-electron chi connectivity index (χ1n) is 6.22. The van der Waals surface area contributed by atoms with E-state index in [9.17, 15) is 0 Å². The molecule has 1 nitrogen and oxygen atoms in total. The number of hydrogen-bond donors (Lipinski definition) is 0. The summed E-state index contributed by atoms with van der Waals surface area (Å²) in [5, 5.41) is 0.637. The number of methoxy groups -OCH3 is 1. The van der Waals surface area contributed by atoms with Gasteiger partial charge in [0.25, 0.3) is 0 Å². The topological polar surface area (TPSA) is 9.23 Å². The van der Waals surface area contributed by atoms with E-state index in [1.807, 2.05) is 18.2 Å². The zero-order valence-electron chi connectivity index (χ0n) is 11.0. The fourth-order valence-corrected chi connectivity index (χ4v) is 3.12. The van der Waals surface area contributed by atoms with E-state index in [0.29, 0.717) is 10.8 Å². The lowest BCUT2D eigenvalue weighted by atomic mass is 9.98. The number of benzene rings is 2. The smallest absolute Gasteiger partial charge is 0.137 e. The van der Waals surface area contributed by atoms with Crippen molar-refractivity contribution in [3.8, 4) is 5.75 Å². The third-order valence-electron chi connectivity index (χ3n) is 3.18. The number of aryl methyl sites for hydroxylation is 1. The van der Waals surface area contributed by atoms with Crippen LogP contribution in [0.15, 0.2) is 42.5 Å². The Morgan fingerprint density at radius 2 is 1.95 bits per heavy atom. The van der Waals surface area contributed by atoms with Crippen molar-refractivity contribution < 1.29 is 4.74 Å². The van der Waals surface area contributed by atoms with Gasteiger partial charge in [-0.05, 0) is 35.2 Å². The van der Waals surface area contributed by atoms with E-state index in [4.69, 9.17) is 16.3 Å². The molecule has 0 aliphatic carbocycles. The van der Waals surface area contributed by atoms with Crippen LogP contribution in [-0.4, -0.2) is 7.11 Å². The highest BCUT2D eigenvalue weighted by Gasteiger charge is 2.14. The molecular weight excluding hydrogens is 324 g/mol. The van der Waals surface area contributed by atoms with E-state index >= 15 is 0 Å². The Kier molecular flexibility index (Phi) is 4.89. The molecule has 1 atom stereocenters. The third-order valence-corrected chi connectivity index (χ3v) is 4.49. The maximum atomic E-state index is 6.19. The minimum atomic E-state index is 0.145. The Balaban J connectivity index is 2.38. The summed E-state index contributed by atoms with van der Waals surface area (Å²) in [7, 11) is 1.62. The Bertz CT molecular complexity index is 568. The molecule has 1 unspecified atom stereocenters. The molecule has 0 bridgehead atoms. The second kappa shape index (κ2) is 6.44. The first-order chi connectivity index (χ1) is 9.17. The fourth-order valence-electron chi connectivity index (χ4n) is 2.12. The van der Waals surface area contributed by atoms with Gasteiger partial charge in [0.05, 0.1) is 17.0 Å². The van der Waals surface area contributed by atoms with Gasteiger partial charge >= 0.3 is 0 Å². The molecule has 0 saturated carbocycles. The maximum Gasteiger partial charge on any atom is 0.137 e. The highest BCUT2D eigenvalue weighted by molar-refractivity contribution is 9.09. The zero-order valence-corrected chi connectivity index (χ0v) is 13.3. The molecular formula is C16H16BrClO. The molecule has 0 aromatic heterocycles. The third kappa shape index (κ3) is 3.13. The van der Waals surface area contributed by atoms with E-state index in [1.165, 1.54) is 11.1 Å². The predicted octanol–water partition coefficient (Wildman–Crippen LogP) is 5.40. The average molecular weight is 340 g/mol. The van der Waals surface area contributed by atoms with Crippen molar-refractivity contribution in [2.45, 2.75) is 18.2 Å². The van der Waals surface area contributed by atoms with E-state index in [0.717, 1.165) is 12.0 Å². The number of ether oxygens (including phenoxy) is 1. The van der Waals surface area contributed by atoms with Crippen LogP contribution in [0.5, 0.6) is 5.75 Å². The predicted molar refractivity (Wildman–Crippen MR) is 84.6 cm³/mol. The van der Waals surface area contributed by atoms with Crippen molar-refractivity contribution in [1.29, 1.82) is 0 Å². The molecule has 0 heterocycles. The largest absolute Gasteiger partial charge is 0.495 e. The van der Waals surface area contributed by atoms with Gasteiger partial charge in [-0.15, -0.1) is 0 Å². The van der Waals surface area contributed by atoms with Crippen molar-refractivity contribution in [3.63, 3.8) is 0 Å². The summed E-state index contributed by atoms with van der Waals surface area (Å²) in [6.45, 7) is 2.17. The summed E-state index contributed by atoms with van der Waals surface area (Å²) < 4.78 is 5.18.